The number of hydrogen-bond acceptors (Lipinski definition) is 7. The van der Waals surface area contributed by atoms with Crippen molar-refractivity contribution in [3.63, 3.8) is 0 Å². The molecule has 2 amide bonds. The molecule has 1 atom stereocenters. The molecule has 3 aromatic rings. The monoisotopic (exact) mass is 568 g/mol. The Morgan fingerprint density at radius 1 is 1.00 bits per heavy atom. The van der Waals surface area contributed by atoms with E-state index in [0.29, 0.717) is 17.9 Å². The quantitative estimate of drug-likeness (QED) is 0.245. The number of nitro groups is 1. The SMILES string of the molecule is CCNC(=O)[C@@H](CC)N(Cc1ccc(OC)cc1)C(=O)CN(c1cccc([N+](=O)[O-])c1)S(=O)(=O)c1ccccc1. The highest BCUT2D eigenvalue weighted by atomic mass is 32.2. The van der Waals surface area contributed by atoms with Crippen LogP contribution in [-0.2, 0) is 26.2 Å². The Morgan fingerprint density at radius 2 is 1.68 bits per heavy atom. The van der Waals surface area contributed by atoms with Crippen LogP contribution in [0, 0.1) is 10.1 Å². The largest absolute Gasteiger partial charge is 0.497 e. The molecule has 11 nitrogen and oxygen atoms in total. The molecule has 40 heavy (non-hydrogen) atoms. The minimum atomic E-state index is -4.32. The summed E-state index contributed by atoms with van der Waals surface area (Å²) < 4.78 is 33.6. The number of hydrogen-bond donors (Lipinski definition) is 1. The van der Waals surface area contributed by atoms with Gasteiger partial charge in [-0.2, -0.15) is 0 Å². The normalized spacial score (nSPS) is 11.8. The maximum atomic E-state index is 13.9. The van der Waals surface area contributed by atoms with Crippen LogP contribution in [0.5, 0.6) is 5.75 Å². The van der Waals surface area contributed by atoms with Crippen LogP contribution >= 0.6 is 0 Å². The minimum Gasteiger partial charge on any atom is -0.497 e. The third-order valence-corrected chi connectivity index (χ3v) is 7.98. The Bertz CT molecular complexity index is 1430. The van der Waals surface area contributed by atoms with Gasteiger partial charge in [-0.3, -0.25) is 24.0 Å². The van der Waals surface area contributed by atoms with Gasteiger partial charge >= 0.3 is 0 Å². The van der Waals surface area contributed by atoms with Gasteiger partial charge in [0.05, 0.1) is 22.6 Å². The van der Waals surface area contributed by atoms with Crippen LogP contribution < -0.4 is 14.4 Å². The van der Waals surface area contributed by atoms with Crippen LogP contribution in [0.25, 0.3) is 0 Å². The minimum absolute atomic E-state index is 0.0205. The maximum Gasteiger partial charge on any atom is 0.271 e. The molecule has 0 aliphatic rings. The summed E-state index contributed by atoms with van der Waals surface area (Å²) in [5.41, 5.74) is 0.314. The third kappa shape index (κ3) is 7.14. The number of non-ortho nitro benzene ring substituents is 1. The first kappa shape index (κ1) is 30.1. The first-order valence-corrected chi connectivity index (χ1v) is 14.1. The zero-order chi connectivity index (χ0) is 29.3. The van der Waals surface area contributed by atoms with E-state index in [-0.39, 0.29) is 35.1 Å². The number of anilines is 1. The predicted octanol–water partition coefficient (Wildman–Crippen LogP) is 3.74. The van der Waals surface area contributed by atoms with E-state index in [0.717, 1.165) is 10.4 Å². The Labute approximate surface area is 233 Å². The molecule has 0 radical (unpaired) electrons. The molecule has 3 rings (SSSR count). The Hall–Kier alpha value is -4.45. The molecule has 12 heteroatoms. The van der Waals surface area contributed by atoms with E-state index in [1.165, 1.54) is 42.3 Å². The molecule has 0 fully saturated rings. The molecule has 0 saturated carbocycles. The van der Waals surface area contributed by atoms with E-state index >= 15 is 0 Å². The molecule has 1 N–H and O–H groups in total. The standard InChI is InChI=1S/C28H32N4O7S/c1-4-26(28(34)29-5-2)30(19-21-14-16-24(39-3)17-15-21)27(33)20-31(22-10-9-11-23(18-22)32(35)36)40(37,38)25-12-7-6-8-13-25/h6-18,26H,4-5,19-20H2,1-3H3,(H,29,34)/t26-/m1/s1. The van der Waals surface area contributed by atoms with Gasteiger partial charge in [-0.1, -0.05) is 43.3 Å². The zero-order valence-electron chi connectivity index (χ0n) is 22.5. The van der Waals surface area contributed by atoms with Crippen LogP contribution in [0.4, 0.5) is 11.4 Å². The van der Waals surface area contributed by atoms with Crippen LogP contribution in [0.1, 0.15) is 25.8 Å². The summed E-state index contributed by atoms with van der Waals surface area (Å²) >= 11 is 0. The summed E-state index contributed by atoms with van der Waals surface area (Å²) in [4.78, 5) is 39.0. The Balaban J connectivity index is 2.08. The molecular weight excluding hydrogens is 536 g/mol. The lowest BCUT2D eigenvalue weighted by Crippen LogP contribution is -2.52. The van der Waals surface area contributed by atoms with Crippen LogP contribution in [0.15, 0.2) is 83.8 Å². The van der Waals surface area contributed by atoms with Crippen molar-refractivity contribution in [1.82, 2.24) is 10.2 Å². The second kappa shape index (κ2) is 13.6. The van der Waals surface area contributed by atoms with E-state index in [9.17, 15) is 28.1 Å². The number of benzene rings is 3. The van der Waals surface area contributed by atoms with Crippen molar-refractivity contribution in [2.75, 3.05) is 24.5 Å². The van der Waals surface area contributed by atoms with Crippen molar-refractivity contribution in [2.24, 2.45) is 0 Å². The third-order valence-electron chi connectivity index (χ3n) is 6.19. The van der Waals surface area contributed by atoms with E-state index in [4.69, 9.17) is 4.74 Å². The first-order chi connectivity index (χ1) is 19.1. The number of methoxy groups -OCH3 is 1. The molecular formula is C28H32N4O7S. The first-order valence-electron chi connectivity index (χ1n) is 12.6. The van der Waals surface area contributed by atoms with Crippen molar-refractivity contribution >= 4 is 33.2 Å². The van der Waals surface area contributed by atoms with Gasteiger partial charge in [-0.25, -0.2) is 8.42 Å². The Morgan fingerprint density at radius 3 is 2.25 bits per heavy atom. The van der Waals surface area contributed by atoms with Gasteiger partial charge in [0, 0.05) is 25.2 Å². The number of amides is 2. The van der Waals surface area contributed by atoms with Crippen molar-refractivity contribution in [3.05, 3.63) is 94.5 Å². The lowest BCUT2D eigenvalue weighted by atomic mass is 10.1. The van der Waals surface area contributed by atoms with Gasteiger partial charge in [-0.05, 0) is 49.2 Å². The molecule has 0 unspecified atom stereocenters. The summed E-state index contributed by atoms with van der Waals surface area (Å²) in [6, 6.07) is 18.6. The zero-order valence-corrected chi connectivity index (χ0v) is 23.3. The van der Waals surface area contributed by atoms with E-state index in [1.807, 2.05) is 0 Å². The molecule has 0 saturated heterocycles. The molecule has 0 aliphatic carbocycles. The highest BCUT2D eigenvalue weighted by molar-refractivity contribution is 7.92. The Kier molecular flexibility index (Phi) is 10.2. The number of carbonyl (C=O) groups is 2. The van der Waals surface area contributed by atoms with E-state index < -0.39 is 33.4 Å². The fourth-order valence-electron chi connectivity index (χ4n) is 4.15. The molecule has 0 spiro atoms. The van der Waals surface area contributed by atoms with Crippen LogP contribution in [-0.4, -0.2) is 56.3 Å². The molecule has 0 bridgehead atoms. The van der Waals surface area contributed by atoms with Gasteiger partial charge in [0.1, 0.15) is 18.3 Å². The van der Waals surface area contributed by atoms with Gasteiger partial charge in [-0.15, -0.1) is 0 Å². The average Bonchev–Trinajstić information content (AvgIpc) is 2.96. The molecule has 0 heterocycles. The number of rotatable bonds is 13. The number of sulfonamides is 1. The van der Waals surface area contributed by atoms with Crippen LogP contribution in [0.3, 0.4) is 0 Å². The van der Waals surface area contributed by atoms with Crippen molar-refractivity contribution in [2.45, 2.75) is 37.8 Å². The number of ether oxygens (including phenoxy) is 1. The maximum absolute atomic E-state index is 13.9. The number of nitrogens with zero attached hydrogens (tertiary/aromatic N) is 3. The number of likely N-dealkylation sites (N-methyl/N-ethyl adjacent to an activating group) is 1. The number of nitro benzene ring substituents is 1. The molecule has 3 aromatic carbocycles. The second-order valence-electron chi connectivity index (χ2n) is 8.79. The predicted molar refractivity (Wildman–Crippen MR) is 150 cm³/mol. The topological polar surface area (TPSA) is 139 Å². The van der Waals surface area contributed by atoms with Crippen molar-refractivity contribution in [3.8, 4) is 5.75 Å². The van der Waals surface area contributed by atoms with Gasteiger partial charge in [0.25, 0.3) is 15.7 Å². The fraction of sp³-hybridized carbons (Fsp3) is 0.286. The van der Waals surface area contributed by atoms with Gasteiger partial charge < -0.3 is 15.0 Å². The van der Waals surface area contributed by atoms with E-state index in [2.05, 4.69) is 5.32 Å². The summed E-state index contributed by atoms with van der Waals surface area (Å²) in [6.45, 7) is 3.20. The molecule has 0 aromatic heterocycles. The van der Waals surface area contributed by atoms with Crippen molar-refractivity contribution in [1.29, 1.82) is 0 Å². The molecule has 0 aliphatic heterocycles. The van der Waals surface area contributed by atoms with Crippen LogP contribution in [0.2, 0.25) is 0 Å². The average molecular weight is 569 g/mol. The summed E-state index contributed by atoms with van der Waals surface area (Å²) in [6.07, 6.45) is 0.274. The van der Waals surface area contributed by atoms with Gasteiger partial charge in [0.2, 0.25) is 11.8 Å². The molecule has 212 valence electrons. The lowest BCUT2D eigenvalue weighted by molar-refractivity contribution is -0.384. The fourth-order valence-corrected chi connectivity index (χ4v) is 5.58. The summed E-state index contributed by atoms with van der Waals surface area (Å²) in [5, 5.41) is 14.2. The van der Waals surface area contributed by atoms with E-state index in [1.54, 1.807) is 56.3 Å². The second-order valence-corrected chi connectivity index (χ2v) is 10.7. The summed E-state index contributed by atoms with van der Waals surface area (Å²) in [7, 11) is -2.79. The smallest absolute Gasteiger partial charge is 0.271 e. The van der Waals surface area contributed by atoms with Gasteiger partial charge in [0.15, 0.2) is 0 Å². The van der Waals surface area contributed by atoms with Crippen molar-refractivity contribution < 1.29 is 27.7 Å². The number of nitrogens with one attached hydrogen (secondary N) is 1. The highest BCUT2D eigenvalue weighted by Crippen LogP contribution is 2.28. The highest BCUT2D eigenvalue weighted by Gasteiger charge is 2.34. The number of carbonyl (C=O) groups excluding carboxylic acids is 2. The summed E-state index contributed by atoms with van der Waals surface area (Å²) in [5.74, 6) is -0.414. The lowest BCUT2D eigenvalue weighted by Gasteiger charge is -2.33.